The molecule has 2 heterocycles. The van der Waals surface area contributed by atoms with E-state index in [0.717, 1.165) is 12.2 Å². The van der Waals surface area contributed by atoms with Gasteiger partial charge in [-0.05, 0) is 20.3 Å². The van der Waals surface area contributed by atoms with Gasteiger partial charge in [0.05, 0.1) is 12.1 Å². The number of rotatable bonds is 5. The molecule has 2 fully saturated rings. The van der Waals surface area contributed by atoms with Crippen LogP contribution in [0.15, 0.2) is 5.16 Å². The fourth-order valence-corrected chi connectivity index (χ4v) is 4.13. The maximum absolute atomic E-state index is 10.3. The third-order valence-corrected chi connectivity index (χ3v) is 5.64. The molecule has 140 valence electrons. The van der Waals surface area contributed by atoms with Crippen LogP contribution in [0.25, 0.3) is 0 Å². The molecule has 0 unspecified atom stereocenters. The van der Waals surface area contributed by atoms with Crippen molar-refractivity contribution in [2.75, 3.05) is 16.5 Å². The molecule has 4 atom stereocenters. The molecule has 0 spiro atoms. The second kappa shape index (κ2) is 7.05. The van der Waals surface area contributed by atoms with Crippen molar-refractivity contribution < 1.29 is 14.6 Å². The largest absolute Gasteiger partial charge is 0.393 e. The van der Waals surface area contributed by atoms with E-state index in [1.54, 1.807) is 0 Å². The Balaban J connectivity index is 1.87. The van der Waals surface area contributed by atoms with Crippen LogP contribution in [0.5, 0.6) is 0 Å². The second-order valence-corrected chi connectivity index (χ2v) is 8.15. The summed E-state index contributed by atoms with van der Waals surface area (Å²) in [5.41, 5.74) is 6.26. The quantitative estimate of drug-likeness (QED) is 0.226. The van der Waals surface area contributed by atoms with Crippen LogP contribution >= 0.6 is 23.4 Å². The number of hydrogen-bond donors (Lipinski definition) is 3. The first kappa shape index (κ1) is 18.9. The van der Waals surface area contributed by atoms with E-state index < -0.39 is 18.0 Å². The summed E-state index contributed by atoms with van der Waals surface area (Å²) >= 11 is 7.64. The summed E-state index contributed by atoms with van der Waals surface area (Å²) in [6.45, 7) is 5.69. The zero-order chi connectivity index (χ0) is 18.4. The van der Waals surface area contributed by atoms with Crippen LogP contribution in [-0.4, -0.2) is 51.0 Å². The highest BCUT2D eigenvalue weighted by Crippen LogP contribution is 2.41. The Morgan fingerprint density at radius 3 is 2.72 bits per heavy atom. The van der Waals surface area contributed by atoms with E-state index in [-0.39, 0.29) is 23.0 Å². The Labute approximate surface area is 156 Å². The Morgan fingerprint density at radius 2 is 2.04 bits per heavy atom. The predicted octanol–water partition coefficient (Wildman–Crippen LogP) is 1.55. The minimum atomic E-state index is -0.771. The van der Waals surface area contributed by atoms with E-state index in [4.69, 9.17) is 32.7 Å². The second-order valence-electron chi connectivity index (χ2n) is 6.73. The molecule has 1 aliphatic heterocycles. The normalized spacial score (nSPS) is 30.5. The van der Waals surface area contributed by atoms with E-state index in [9.17, 15) is 5.11 Å². The number of hydrogen-bond acceptors (Lipinski definition) is 9. The summed E-state index contributed by atoms with van der Waals surface area (Å²) in [6.07, 6.45) is -0.111. The molecule has 0 radical (unpaired) electrons. The van der Waals surface area contributed by atoms with Gasteiger partial charge in [0.2, 0.25) is 0 Å². The van der Waals surface area contributed by atoms with Crippen LogP contribution in [0.1, 0.15) is 33.6 Å². The Bertz CT molecular complexity index is 650. The molecular weight excluding hydrogens is 366 g/mol. The van der Waals surface area contributed by atoms with Crippen molar-refractivity contribution in [1.82, 2.24) is 9.97 Å². The smallest absolute Gasteiger partial charge is 0.191 e. The third kappa shape index (κ3) is 3.67. The molecule has 5 N–H and O–H groups in total. The third-order valence-electron chi connectivity index (χ3n) is 4.30. The van der Waals surface area contributed by atoms with Crippen LogP contribution in [0.3, 0.4) is 0 Å². The molecule has 0 amide bonds. The number of fused-ring (bicyclic) bond motifs is 1. The number of nitrogens with two attached hydrogens (primary N) is 2. The highest BCUT2D eigenvalue weighted by atomic mass is 35.5. The number of nitrogens with zero attached hydrogens (tertiary/aromatic N) is 3. The van der Waals surface area contributed by atoms with Gasteiger partial charge in [-0.15, -0.1) is 0 Å². The first-order valence-electron chi connectivity index (χ1n) is 8.27. The molecule has 1 aliphatic carbocycles. The lowest BCUT2D eigenvalue weighted by molar-refractivity contribution is -0.163. The lowest BCUT2D eigenvalue weighted by Crippen LogP contribution is -2.48. The molecule has 2 aliphatic rings. The molecule has 25 heavy (non-hydrogen) atoms. The SMILES string of the molecule is CCCSc1nc(Cl)c(N)c(N(N)[C@@H]2C[C@H](O)[C@H]3OC(C)(C)O[C@H]32)n1. The molecule has 3 rings (SSSR count). The molecule has 0 bridgehead atoms. The van der Waals surface area contributed by atoms with Crippen molar-refractivity contribution >= 4 is 34.9 Å². The number of nitrogen functional groups attached to an aromatic ring is 1. The summed E-state index contributed by atoms with van der Waals surface area (Å²) in [4.78, 5) is 8.65. The number of anilines is 2. The molecule has 0 aromatic carbocycles. The van der Waals surface area contributed by atoms with Crippen molar-refractivity contribution in [3.05, 3.63) is 5.15 Å². The first-order chi connectivity index (χ1) is 11.7. The molecule has 10 heteroatoms. The van der Waals surface area contributed by atoms with Gasteiger partial charge in [-0.1, -0.05) is 30.3 Å². The highest BCUT2D eigenvalue weighted by molar-refractivity contribution is 7.99. The van der Waals surface area contributed by atoms with Gasteiger partial charge in [0, 0.05) is 12.2 Å². The van der Waals surface area contributed by atoms with Gasteiger partial charge in [-0.25, -0.2) is 15.8 Å². The maximum atomic E-state index is 10.3. The van der Waals surface area contributed by atoms with Gasteiger partial charge >= 0.3 is 0 Å². The Kier molecular flexibility index (Phi) is 5.34. The van der Waals surface area contributed by atoms with Gasteiger partial charge in [-0.3, -0.25) is 5.01 Å². The molecule has 8 nitrogen and oxygen atoms in total. The Hall–Kier alpha value is -0.840. The predicted molar refractivity (Wildman–Crippen MR) is 97.4 cm³/mol. The zero-order valence-electron chi connectivity index (χ0n) is 14.5. The summed E-state index contributed by atoms with van der Waals surface area (Å²) < 4.78 is 11.7. The van der Waals surface area contributed by atoms with E-state index in [1.165, 1.54) is 16.8 Å². The minimum Gasteiger partial charge on any atom is -0.393 e. The summed E-state index contributed by atoms with van der Waals surface area (Å²) in [5, 5.41) is 12.4. The topological polar surface area (TPSA) is 120 Å². The average molecular weight is 390 g/mol. The van der Waals surface area contributed by atoms with Crippen LogP contribution in [-0.2, 0) is 9.47 Å². The van der Waals surface area contributed by atoms with Gasteiger partial charge in [-0.2, -0.15) is 0 Å². The van der Waals surface area contributed by atoms with Gasteiger partial charge in [0.1, 0.15) is 17.9 Å². The van der Waals surface area contributed by atoms with Crippen molar-refractivity contribution in [3.8, 4) is 0 Å². The van der Waals surface area contributed by atoms with Crippen molar-refractivity contribution in [3.63, 3.8) is 0 Å². The highest BCUT2D eigenvalue weighted by Gasteiger charge is 2.55. The number of thioether (sulfide) groups is 1. The summed E-state index contributed by atoms with van der Waals surface area (Å²) in [5.74, 6) is 6.75. The van der Waals surface area contributed by atoms with Crippen LogP contribution in [0.2, 0.25) is 5.15 Å². The Morgan fingerprint density at radius 1 is 1.36 bits per heavy atom. The molecule has 1 aromatic heterocycles. The van der Waals surface area contributed by atoms with E-state index in [0.29, 0.717) is 17.4 Å². The maximum Gasteiger partial charge on any atom is 0.191 e. The van der Waals surface area contributed by atoms with E-state index >= 15 is 0 Å². The summed E-state index contributed by atoms with van der Waals surface area (Å²) in [6, 6.07) is -0.334. The average Bonchev–Trinajstić information content (AvgIpc) is 3.02. The zero-order valence-corrected chi connectivity index (χ0v) is 16.0. The number of aromatic nitrogens is 2. The summed E-state index contributed by atoms with van der Waals surface area (Å²) in [7, 11) is 0. The van der Waals surface area contributed by atoms with E-state index in [1.807, 2.05) is 13.8 Å². The lowest BCUT2D eigenvalue weighted by atomic mass is 10.2. The molecule has 1 saturated carbocycles. The number of halogens is 1. The van der Waals surface area contributed by atoms with E-state index in [2.05, 4.69) is 16.9 Å². The van der Waals surface area contributed by atoms with Crippen LogP contribution in [0.4, 0.5) is 11.5 Å². The standard InChI is InChI=1S/C15H24ClN5O3S/c1-4-5-25-14-19-12(16)9(17)13(20-14)21(18)7-6-8(22)11-10(7)23-15(2,3)24-11/h7-8,10-11,22H,4-6,17-18H2,1-3H3/t7-,8+,10+,11-/m1/s1. The van der Waals surface area contributed by atoms with Crippen molar-refractivity contribution in [1.29, 1.82) is 0 Å². The number of aliphatic hydroxyl groups is 1. The number of aliphatic hydroxyl groups excluding tert-OH is 1. The van der Waals surface area contributed by atoms with Gasteiger partial charge in [0.25, 0.3) is 0 Å². The van der Waals surface area contributed by atoms with Gasteiger partial charge in [0.15, 0.2) is 21.9 Å². The number of hydrazine groups is 1. The van der Waals surface area contributed by atoms with Crippen LogP contribution < -0.4 is 16.6 Å². The molecule has 1 aromatic rings. The fourth-order valence-electron chi connectivity index (χ4n) is 3.22. The number of ether oxygens (including phenoxy) is 2. The monoisotopic (exact) mass is 389 g/mol. The van der Waals surface area contributed by atoms with Gasteiger partial charge < -0.3 is 20.3 Å². The minimum absolute atomic E-state index is 0.165. The van der Waals surface area contributed by atoms with Crippen molar-refractivity contribution in [2.24, 2.45) is 5.84 Å². The lowest BCUT2D eigenvalue weighted by Gasteiger charge is -2.30. The van der Waals surface area contributed by atoms with Crippen molar-refractivity contribution in [2.45, 2.75) is 68.9 Å². The first-order valence-corrected chi connectivity index (χ1v) is 9.63. The molecular formula is C15H24ClN5O3S. The van der Waals surface area contributed by atoms with Crippen LogP contribution in [0, 0.1) is 0 Å². The fraction of sp³-hybridized carbons (Fsp3) is 0.733. The molecule has 1 saturated heterocycles.